The van der Waals surface area contributed by atoms with Gasteiger partial charge in [-0.2, -0.15) is 0 Å². The highest BCUT2D eigenvalue weighted by atomic mass is 32.1. The van der Waals surface area contributed by atoms with Crippen LogP contribution in [0.2, 0.25) is 0 Å². The van der Waals surface area contributed by atoms with Crippen molar-refractivity contribution in [3.8, 4) is 0 Å². The highest BCUT2D eigenvalue weighted by Crippen LogP contribution is 2.28. The average molecular weight is 342 g/mol. The maximum absolute atomic E-state index is 12.6. The third-order valence-electron chi connectivity index (χ3n) is 4.27. The van der Waals surface area contributed by atoms with Crippen molar-refractivity contribution < 1.29 is 4.79 Å². The second-order valence-corrected chi connectivity index (χ2v) is 6.74. The summed E-state index contributed by atoms with van der Waals surface area (Å²) in [5.41, 5.74) is 9.06. The van der Waals surface area contributed by atoms with Gasteiger partial charge >= 0.3 is 0 Å². The van der Waals surface area contributed by atoms with Gasteiger partial charge in [0.05, 0.1) is 16.6 Å². The number of benzene rings is 1. The number of carbonyl (C=O) groups is 1. The Balaban J connectivity index is 1.72. The lowest BCUT2D eigenvalue weighted by atomic mass is 10.1. The van der Waals surface area contributed by atoms with Gasteiger partial charge in [-0.05, 0) is 17.7 Å². The molecule has 6 heteroatoms. The Labute approximate surface area is 146 Å². The van der Waals surface area contributed by atoms with E-state index >= 15 is 0 Å². The SMILES string of the molecule is CN1CC=C(c2csc(C(=O)N[C@H](CN)c3ccccc3)c2)N1C. The van der Waals surface area contributed by atoms with Crippen LogP contribution in [0.25, 0.3) is 5.70 Å². The van der Waals surface area contributed by atoms with Gasteiger partial charge in [-0.25, -0.2) is 5.01 Å². The Morgan fingerprint density at radius 2 is 2.08 bits per heavy atom. The number of rotatable bonds is 5. The summed E-state index contributed by atoms with van der Waals surface area (Å²) in [5, 5.41) is 9.26. The van der Waals surface area contributed by atoms with Crippen LogP contribution < -0.4 is 11.1 Å². The lowest BCUT2D eigenvalue weighted by Crippen LogP contribution is -2.33. The fourth-order valence-corrected chi connectivity index (χ4v) is 3.55. The molecular formula is C18H22N4OS. The summed E-state index contributed by atoms with van der Waals surface area (Å²) in [7, 11) is 4.06. The number of nitrogens with two attached hydrogens (primary N) is 1. The standard InChI is InChI=1S/C18H22N4OS/c1-21-9-8-16(22(21)2)14-10-17(24-12-14)18(23)20-15(11-19)13-6-4-3-5-7-13/h3-8,10,12,15H,9,11,19H2,1-2H3,(H,20,23)/t15-/m1/s1. The summed E-state index contributed by atoms with van der Waals surface area (Å²) in [6, 6.07) is 11.6. The number of likely N-dealkylation sites (N-methyl/N-ethyl adjacent to an activating group) is 1. The molecule has 126 valence electrons. The van der Waals surface area contributed by atoms with Crippen molar-refractivity contribution in [2.45, 2.75) is 6.04 Å². The van der Waals surface area contributed by atoms with E-state index in [0.29, 0.717) is 11.4 Å². The smallest absolute Gasteiger partial charge is 0.261 e. The highest BCUT2D eigenvalue weighted by Gasteiger charge is 2.21. The predicted molar refractivity (Wildman–Crippen MR) is 98.4 cm³/mol. The number of nitrogens with one attached hydrogen (secondary N) is 1. The van der Waals surface area contributed by atoms with Crippen LogP contribution in [0.15, 0.2) is 47.9 Å². The molecule has 0 unspecified atom stereocenters. The minimum Gasteiger partial charge on any atom is -0.343 e. The molecule has 24 heavy (non-hydrogen) atoms. The zero-order chi connectivity index (χ0) is 17.1. The predicted octanol–water partition coefficient (Wildman–Crippen LogP) is 2.31. The first-order valence-corrected chi connectivity index (χ1v) is 8.78. The molecule has 2 heterocycles. The number of carbonyl (C=O) groups excluding carboxylic acids is 1. The molecule has 0 saturated carbocycles. The normalized spacial score (nSPS) is 16.1. The summed E-state index contributed by atoms with van der Waals surface area (Å²) < 4.78 is 0. The molecule has 0 saturated heterocycles. The molecule has 1 aliphatic rings. The molecule has 1 amide bonds. The van der Waals surface area contributed by atoms with Crippen LogP contribution in [0.1, 0.15) is 26.8 Å². The largest absolute Gasteiger partial charge is 0.343 e. The molecular weight excluding hydrogens is 320 g/mol. The van der Waals surface area contributed by atoms with E-state index in [2.05, 4.69) is 21.4 Å². The van der Waals surface area contributed by atoms with Crippen molar-refractivity contribution in [3.63, 3.8) is 0 Å². The Bertz CT molecular complexity index is 740. The zero-order valence-corrected chi connectivity index (χ0v) is 14.7. The number of hydrogen-bond acceptors (Lipinski definition) is 5. The van der Waals surface area contributed by atoms with Crippen molar-refractivity contribution >= 4 is 22.9 Å². The molecule has 3 rings (SSSR count). The van der Waals surface area contributed by atoms with Gasteiger partial charge in [0.1, 0.15) is 0 Å². The van der Waals surface area contributed by atoms with Crippen molar-refractivity contribution in [2.24, 2.45) is 5.73 Å². The molecule has 0 spiro atoms. The highest BCUT2D eigenvalue weighted by molar-refractivity contribution is 7.12. The first-order chi connectivity index (χ1) is 11.6. The van der Waals surface area contributed by atoms with E-state index in [4.69, 9.17) is 5.73 Å². The van der Waals surface area contributed by atoms with Crippen LogP contribution >= 0.6 is 11.3 Å². The van der Waals surface area contributed by atoms with Gasteiger partial charge in [-0.15, -0.1) is 11.3 Å². The third-order valence-corrected chi connectivity index (χ3v) is 5.20. The van der Waals surface area contributed by atoms with Gasteiger partial charge < -0.3 is 16.1 Å². The molecule has 0 fully saturated rings. The van der Waals surface area contributed by atoms with Gasteiger partial charge in [0.2, 0.25) is 0 Å². The van der Waals surface area contributed by atoms with Crippen molar-refractivity contribution in [3.05, 3.63) is 63.9 Å². The minimum absolute atomic E-state index is 0.0832. The molecule has 0 radical (unpaired) electrons. The molecule has 3 N–H and O–H groups in total. The molecule has 0 bridgehead atoms. The van der Waals surface area contributed by atoms with E-state index in [-0.39, 0.29) is 11.9 Å². The number of amides is 1. The van der Waals surface area contributed by atoms with E-state index in [0.717, 1.165) is 23.4 Å². The van der Waals surface area contributed by atoms with Crippen LogP contribution in [0.3, 0.4) is 0 Å². The first-order valence-electron chi connectivity index (χ1n) is 7.90. The maximum atomic E-state index is 12.6. The van der Waals surface area contributed by atoms with Gasteiger partial charge in [0.25, 0.3) is 5.91 Å². The van der Waals surface area contributed by atoms with E-state index in [1.807, 2.05) is 55.9 Å². The number of hydrogen-bond donors (Lipinski definition) is 2. The van der Waals surface area contributed by atoms with E-state index in [9.17, 15) is 4.79 Å². The lowest BCUT2D eigenvalue weighted by molar-refractivity contribution is 0.0942. The van der Waals surface area contributed by atoms with E-state index < -0.39 is 0 Å². The average Bonchev–Trinajstić information content (AvgIpc) is 3.21. The maximum Gasteiger partial charge on any atom is 0.261 e. The van der Waals surface area contributed by atoms with Crippen molar-refractivity contribution in [2.75, 3.05) is 27.2 Å². The van der Waals surface area contributed by atoms with E-state index in [1.54, 1.807) is 0 Å². The summed E-state index contributed by atoms with van der Waals surface area (Å²) in [4.78, 5) is 13.3. The summed E-state index contributed by atoms with van der Waals surface area (Å²) in [6.45, 7) is 1.25. The zero-order valence-electron chi connectivity index (χ0n) is 13.9. The Kier molecular flexibility index (Phi) is 4.99. The summed E-state index contributed by atoms with van der Waals surface area (Å²) in [6.07, 6.45) is 2.16. The van der Waals surface area contributed by atoms with Crippen LogP contribution in [0.5, 0.6) is 0 Å². The van der Waals surface area contributed by atoms with Crippen LogP contribution in [-0.4, -0.2) is 43.1 Å². The monoisotopic (exact) mass is 342 g/mol. The van der Waals surface area contributed by atoms with Crippen LogP contribution in [0, 0.1) is 0 Å². The van der Waals surface area contributed by atoms with Gasteiger partial charge in [0, 0.05) is 38.1 Å². The van der Waals surface area contributed by atoms with E-state index in [1.165, 1.54) is 11.3 Å². The van der Waals surface area contributed by atoms with Gasteiger partial charge in [-0.1, -0.05) is 30.3 Å². The second kappa shape index (κ2) is 7.17. The fraction of sp³-hybridized carbons (Fsp3) is 0.278. The molecule has 1 aromatic heterocycles. The van der Waals surface area contributed by atoms with Gasteiger partial charge in [-0.3, -0.25) is 4.79 Å². The summed E-state index contributed by atoms with van der Waals surface area (Å²) in [5.74, 6) is -0.0832. The second-order valence-electron chi connectivity index (χ2n) is 5.83. The third kappa shape index (κ3) is 3.36. The fourth-order valence-electron chi connectivity index (χ4n) is 2.74. The molecule has 1 aromatic carbocycles. The Morgan fingerprint density at radius 3 is 2.71 bits per heavy atom. The molecule has 1 atom stereocenters. The molecule has 2 aromatic rings. The molecule has 1 aliphatic heterocycles. The number of thiophene rings is 1. The Morgan fingerprint density at radius 1 is 1.33 bits per heavy atom. The number of nitrogens with zero attached hydrogens (tertiary/aromatic N) is 2. The van der Waals surface area contributed by atoms with Crippen LogP contribution in [-0.2, 0) is 0 Å². The topological polar surface area (TPSA) is 61.6 Å². The van der Waals surface area contributed by atoms with Crippen molar-refractivity contribution in [1.82, 2.24) is 15.3 Å². The lowest BCUT2D eigenvalue weighted by Gasteiger charge is -2.24. The quantitative estimate of drug-likeness (QED) is 0.875. The van der Waals surface area contributed by atoms with Crippen LogP contribution in [0.4, 0.5) is 0 Å². The number of hydrazine groups is 1. The minimum atomic E-state index is -0.177. The Hall–Kier alpha value is -2.15. The molecule has 5 nitrogen and oxygen atoms in total. The summed E-state index contributed by atoms with van der Waals surface area (Å²) >= 11 is 1.46. The molecule has 0 aliphatic carbocycles. The first kappa shape index (κ1) is 16.7. The van der Waals surface area contributed by atoms with Gasteiger partial charge in [0.15, 0.2) is 0 Å². The van der Waals surface area contributed by atoms with Crippen molar-refractivity contribution in [1.29, 1.82) is 0 Å².